The van der Waals surface area contributed by atoms with Gasteiger partial charge in [0.25, 0.3) is 5.91 Å². The number of nitrogens with zero attached hydrogens (tertiary/aromatic N) is 1. The molecule has 6 unspecified atom stereocenters. The average molecular weight is 481 g/mol. The van der Waals surface area contributed by atoms with Gasteiger partial charge in [-0.3, -0.25) is 33.7 Å². The number of rotatable bonds is 2. The number of aliphatic hydroxyl groups is 1. The highest BCUT2D eigenvalue weighted by molar-refractivity contribution is 6.32. The molecule has 1 aromatic rings. The molecular weight excluding hydrogens is 458 g/mol. The van der Waals surface area contributed by atoms with Gasteiger partial charge in [-0.25, -0.2) is 0 Å². The molecule has 1 aromatic carbocycles. The molecule has 0 saturated heterocycles. The van der Waals surface area contributed by atoms with E-state index in [1.807, 2.05) is 0 Å². The average Bonchev–Trinajstić information content (AvgIpc) is 2.75. The number of carbonyl (C=O) groups is 6. The summed E-state index contributed by atoms with van der Waals surface area (Å²) in [4.78, 5) is 77.9. The molecule has 2 fully saturated rings. The molecule has 0 heterocycles. The molecule has 2 saturated carbocycles. The predicted octanol–water partition coefficient (Wildman–Crippen LogP) is -2.30. The number of ketones is 4. The number of nitrogens with two attached hydrogens (primary N) is 2. The van der Waals surface area contributed by atoms with Crippen LogP contribution in [0.4, 0.5) is 0 Å². The molecule has 11 heteroatoms. The first-order chi connectivity index (χ1) is 16.3. The number of hydrogen-bond donors (Lipinski definition) is 4. The van der Waals surface area contributed by atoms with Crippen molar-refractivity contribution in [3.05, 3.63) is 28.8 Å². The Morgan fingerprint density at radius 2 is 1.77 bits per heavy atom. The van der Waals surface area contributed by atoms with E-state index in [9.17, 15) is 39.0 Å². The number of benzene rings is 1. The van der Waals surface area contributed by atoms with Crippen LogP contribution >= 0.6 is 0 Å². The molecule has 3 aliphatic rings. The van der Waals surface area contributed by atoms with Gasteiger partial charge >= 0.3 is 0 Å². The van der Waals surface area contributed by atoms with Crippen molar-refractivity contribution in [2.45, 2.75) is 24.5 Å². The largest absolute Gasteiger partial charge is 0.507 e. The lowest BCUT2D eigenvalue weighted by Crippen LogP contribution is -2.74. The standard InChI is InChI=1S/C24H23N3O8/c1-27(2)18-12-8-10-7-11-9(4-6-14(25)29)3-5-13(28)16(11)19(30)15(10)21(32)24(12,35)22(33)17(20(18)31)23(26)34/h3,5,10,12,15,17-18,28,35H,7-8H2,1-2H3,(H2,25,29)(H2,26,34). The van der Waals surface area contributed by atoms with E-state index in [-0.39, 0.29) is 24.0 Å². The van der Waals surface area contributed by atoms with Gasteiger partial charge in [0, 0.05) is 11.5 Å². The number of Topliss-reactive ketones (excluding diaryl/α,β-unsaturated/α-hetero) is 4. The Kier molecular flexibility index (Phi) is 5.62. The Balaban J connectivity index is 1.88. The quantitative estimate of drug-likeness (QED) is 0.265. The summed E-state index contributed by atoms with van der Waals surface area (Å²) < 4.78 is 0. The SMILES string of the molecule is CN(C)C1C(=O)C(C(N)=O)C(=O)C2(O)C(=O)C3C(=O)c4c(O)ccc(C#CC(N)=O)c4CC3CC12. The van der Waals surface area contributed by atoms with Crippen molar-refractivity contribution in [2.75, 3.05) is 14.1 Å². The summed E-state index contributed by atoms with van der Waals surface area (Å²) in [5, 5.41) is 21.9. The molecule has 35 heavy (non-hydrogen) atoms. The molecule has 3 aliphatic carbocycles. The van der Waals surface area contributed by atoms with Crippen LogP contribution in [0.3, 0.4) is 0 Å². The Labute approximate surface area is 199 Å². The number of phenolic OH excluding ortho intramolecular Hbond substituents is 1. The minimum absolute atomic E-state index is 0.0447. The van der Waals surface area contributed by atoms with E-state index < -0.39 is 76.0 Å². The number of phenols is 1. The minimum atomic E-state index is -2.78. The van der Waals surface area contributed by atoms with Crippen LogP contribution in [0.25, 0.3) is 0 Å². The number of carbonyl (C=O) groups excluding carboxylic acids is 6. The van der Waals surface area contributed by atoms with Gasteiger partial charge in [0.2, 0.25) is 5.91 Å². The first-order valence-electron chi connectivity index (χ1n) is 10.8. The number of likely N-dealkylation sites (N-methyl/N-ethyl adjacent to an activating group) is 1. The smallest absolute Gasteiger partial charge is 0.293 e. The van der Waals surface area contributed by atoms with Crippen molar-refractivity contribution < 1.29 is 39.0 Å². The highest BCUT2D eigenvalue weighted by atomic mass is 16.3. The maximum Gasteiger partial charge on any atom is 0.293 e. The first-order valence-corrected chi connectivity index (χ1v) is 10.8. The van der Waals surface area contributed by atoms with Crippen molar-refractivity contribution in [3.63, 3.8) is 0 Å². The van der Waals surface area contributed by atoms with Crippen LogP contribution in [0.1, 0.15) is 27.9 Å². The number of aromatic hydroxyl groups is 1. The summed E-state index contributed by atoms with van der Waals surface area (Å²) in [5.41, 5.74) is 7.93. The lowest BCUT2D eigenvalue weighted by atomic mass is 9.52. The summed E-state index contributed by atoms with van der Waals surface area (Å²) in [7, 11) is 3.01. The van der Waals surface area contributed by atoms with Gasteiger partial charge in [-0.15, -0.1) is 0 Å². The van der Waals surface area contributed by atoms with Crippen LogP contribution in [0.5, 0.6) is 5.75 Å². The number of hydrogen-bond acceptors (Lipinski definition) is 9. The van der Waals surface area contributed by atoms with E-state index in [0.29, 0.717) is 5.56 Å². The number of fused-ring (bicyclic) bond motifs is 3. The highest BCUT2D eigenvalue weighted by Gasteiger charge is 2.69. The van der Waals surface area contributed by atoms with E-state index in [2.05, 4.69) is 11.8 Å². The third-order valence-corrected chi connectivity index (χ3v) is 7.27. The zero-order valence-electron chi connectivity index (χ0n) is 18.9. The summed E-state index contributed by atoms with van der Waals surface area (Å²) >= 11 is 0. The van der Waals surface area contributed by atoms with Gasteiger partial charge in [-0.1, -0.05) is 5.92 Å². The summed E-state index contributed by atoms with van der Waals surface area (Å²) in [5.74, 6) is -7.47. The maximum atomic E-state index is 13.7. The lowest BCUT2D eigenvalue weighted by Gasteiger charge is -2.52. The normalized spacial score (nSPS) is 31.7. The topological polar surface area (TPSA) is 198 Å². The monoisotopic (exact) mass is 481 g/mol. The molecule has 0 bridgehead atoms. The van der Waals surface area contributed by atoms with Crippen molar-refractivity contribution in [1.29, 1.82) is 0 Å². The second-order valence-electron chi connectivity index (χ2n) is 9.39. The summed E-state index contributed by atoms with van der Waals surface area (Å²) in [6, 6.07) is 1.41. The van der Waals surface area contributed by atoms with E-state index in [0.717, 1.165) is 0 Å². The Morgan fingerprint density at radius 3 is 2.34 bits per heavy atom. The molecular formula is C24H23N3O8. The van der Waals surface area contributed by atoms with Crippen LogP contribution in [0.15, 0.2) is 12.1 Å². The molecule has 2 amide bonds. The van der Waals surface area contributed by atoms with Gasteiger partial charge in [0.15, 0.2) is 34.7 Å². The zero-order chi connectivity index (χ0) is 26.0. The third-order valence-electron chi connectivity index (χ3n) is 7.27. The molecule has 6 N–H and O–H groups in total. The van der Waals surface area contributed by atoms with Crippen LogP contribution in [0.2, 0.25) is 0 Å². The third kappa shape index (κ3) is 3.37. The predicted molar refractivity (Wildman–Crippen MR) is 117 cm³/mol. The Bertz CT molecular complexity index is 1290. The molecule has 6 atom stereocenters. The molecule has 182 valence electrons. The Hall–Kier alpha value is -3.88. The van der Waals surface area contributed by atoms with Crippen LogP contribution < -0.4 is 11.5 Å². The molecule has 0 radical (unpaired) electrons. The summed E-state index contributed by atoms with van der Waals surface area (Å²) in [6.07, 6.45) is -0.0365. The molecule has 4 rings (SSSR count). The molecule has 0 spiro atoms. The van der Waals surface area contributed by atoms with Crippen LogP contribution in [0, 0.1) is 35.5 Å². The fourth-order valence-electron chi connectivity index (χ4n) is 5.85. The molecule has 0 aromatic heterocycles. The van der Waals surface area contributed by atoms with E-state index in [4.69, 9.17) is 11.5 Å². The minimum Gasteiger partial charge on any atom is -0.507 e. The van der Waals surface area contributed by atoms with E-state index in [1.54, 1.807) is 0 Å². The first kappa shape index (κ1) is 24.3. The van der Waals surface area contributed by atoms with Gasteiger partial charge in [-0.05, 0) is 56.5 Å². The molecule has 11 nitrogen and oxygen atoms in total. The van der Waals surface area contributed by atoms with Crippen LogP contribution in [-0.4, -0.2) is 75.8 Å². The van der Waals surface area contributed by atoms with Crippen molar-refractivity contribution >= 4 is 34.9 Å². The fourth-order valence-corrected chi connectivity index (χ4v) is 5.85. The maximum absolute atomic E-state index is 13.7. The highest BCUT2D eigenvalue weighted by Crippen LogP contribution is 2.50. The van der Waals surface area contributed by atoms with Gasteiger partial charge in [0.05, 0.1) is 17.5 Å². The van der Waals surface area contributed by atoms with E-state index >= 15 is 0 Å². The lowest BCUT2D eigenvalue weighted by molar-refractivity contribution is -0.181. The number of primary amides is 2. The fraction of sp³-hybridized carbons (Fsp3) is 0.417. The second kappa shape index (κ2) is 8.11. The summed E-state index contributed by atoms with van der Waals surface area (Å²) in [6.45, 7) is 0. The van der Waals surface area contributed by atoms with Gasteiger partial charge in [0.1, 0.15) is 5.75 Å². The molecule has 0 aliphatic heterocycles. The van der Waals surface area contributed by atoms with E-state index in [1.165, 1.54) is 31.1 Å². The van der Waals surface area contributed by atoms with Crippen LogP contribution in [-0.2, 0) is 30.4 Å². The second-order valence-corrected chi connectivity index (χ2v) is 9.39. The zero-order valence-corrected chi connectivity index (χ0v) is 18.9. The Morgan fingerprint density at radius 1 is 1.11 bits per heavy atom. The van der Waals surface area contributed by atoms with Gasteiger partial charge < -0.3 is 21.7 Å². The van der Waals surface area contributed by atoms with Crippen molar-refractivity contribution in [1.82, 2.24) is 4.90 Å². The van der Waals surface area contributed by atoms with Gasteiger partial charge in [-0.2, -0.15) is 0 Å². The number of amides is 2. The van der Waals surface area contributed by atoms with Crippen molar-refractivity contribution in [2.24, 2.45) is 35.1 Å². The van der Waals surface area contributed by atoms with Crippen molar-refractivity contribution in [3.8, 4) is 17.6 Å².